The Kier molecular flexibility index (Phi) is 3.27. The number of fused-ring (bicyclic) bond motifs is 1. The van der Waals surface area contributed by atoms with Gasteiger partial charge in [0.2, 0.25) is 0 Å². The van der Waals surface area contributed by atoms with E-state index in [1.165, 1.54) is 0 Å². The summed E-state index contributed by atoms with van der Waals surface area (Å²) in [6.07, 6.45) is 3.37. The second-order valence-corrected chi connectivity index (χ2v) is 6.12. The first-order valence-corrected chi connectivity index (χ1v) is 7.08. The van der Waals surface area contributed by atoms with Gasteiger partial charge in [-0.1, -0.05) is 13.8 Å². The molecule has 102 valence electrons. The van der Waals surface area contributed by atoms with Crippen molar-refractivity contribution in [2.45, 2.75) is 19.9 Å². The summed E-state index contributed by atoms with van der Waals surface area (Å²) in [5, 5.41) is 0. The third-order valence-corrected chi connectivity index (χ3v) is 4.16. The maximum absolute atomic E-state index is 12.4. The number of nitrogens with zero attached hydrogens (tertiary/aromatic N) is 3. The summed E-state index contributed by atoms with van der Waals surface area (Å²) >= 11 is 0. The van der Waals surface area contributed by atoms with Gasteiger partial charge in [-0.15, -0.1) is 0 Å². The van der Waals surface area contributed by atoms with Crippen LogP contribution in [0.25, 0.3) is 0 Å². The molecule has 19 heavy (non-hydrogen) atoms. The number of carbonyl (C=O) groups is 1. The fraction of sp³-hybridized carbons (Fsp3) is 0.600. The van der Waals surface area contributed by atoms with Crippen molar-refractivity contribution in [1.82, 2.24) is 14.8 Å². The lowest BCUT2D eigenvalue weighted by atomic mass is 9.91. The topological polar surface area (TPSA) is 36.4 Å². The standard InChI is InChI=1S/C15H21N3O/c1-11(2)7-17-8-13-9-18(10-14(13)17)15(19)12-3-5-16-6-4-12/h3-6,11,13-14H,7-10H2,1-2H3/t13-,14+/m0/s1. The fourth-order valence-corrected chi connectivity index (χ4v) is 3.27. The zero-order chi connectivity index (χ0) is 13.4. The number of likely N-dealkylation sites (tertiary alicyclic amines) is 2. The molecule has 1 aromatic heterocycles. The van der Waals surface area contributed by atoms with Gasteiger partial charge in [-0.2, -0.15) is 0 Å². The minimum Gasteiger partial charge on any atom is -0.337 e. The number of hydrogen-bond donors (Lipinski definition) is 0. The Morgan fingerprint density at radius 3 is 2.74 bits per heavy atom. The molecule has 1 amide bonds. The highest BCUT2D eigenvalue weighted by molar-refractivity contribution is 5.94. The number of pyridine rings is 1. The molecule has 3 heterocycles. The predicted molar refractivity (Wildman–Crippen MR) is 73.8 cm³/mol. The second-order valence-electron chi connectivity index (χ2n) is 6.12. The molecule has 4 heteroatoms. The maximum Gasteiger partial charge on any atom is 0.254 e. The van der Waals surface area contributed by atoms with Crippen LogP contribution in [0.1, 0.15) is 24.2 Å². The van der Waals surface area contributed by atoms with Crippen molar-refractivity contribution in [3.63, 3.8) is 0 Å². The van der Waals surface area contributed by atoms with Crippen LogP contribution in [0.4, 0.5) is 0 Å². The molecule has 2 saturated heterocycles. The molecule has 0 spiro atoms. The van der Waals surface area contributed by atoms with Gasteiger partial charge in [0.05, 0.1) is 0 Å². The Labute approximate surface area is 114 Å². The highest BCUT2D eigenvalue weighted by Crippen LogP contribution is 2.33. The molecule has 0 saturated carbocycles. The van der Waals surface area contributed by atoms with Crippen LogP contribution >= 0.6 is 0 Å². The molecule has 3 rings (SSSR count). The lowest BCUT2D eigenvalue weighted by molar-refractivity contribution is 0.0402. The van der Waals surface area contributed by atoms with Crippen molar-refractivity contribution in [3.05, 3.63) is 30.1 Å². The summed E-state index contributed by atoms with van der Waals surface area (Å²) in [5.74, 6) is 1.54. The molecule has 1 aromatic rings. The normalized spacial score (nSPS) is 26.4. The van der Waals surface area contributed by atoms with E-state index in [0.717, 1.165) is 31.7 Å². The van der Waals surface area contributed by atoms with Crippen LogP contribution in [0.15, 0.2) is 24.5 Å². The first kappa shape index (κ1) is 12.6. The van der Waals surface area contributed by atoms with Crippen LogP contribution in [-0.4, -0.2) is 52.9 Å². The smallest absolute Gasteiger partial charge is 0.254 e. The van der Waals surface area contributed by atoms with Crippen LogP contribution in [0.2, 0.25) is 0 Å². The van der Waals surface area contributed by atoms with Gasteiger partial charge in [-0.05, 0) is 18.1 Å². The summed E-state index contributed by atoms with van der Waals surface area (Å²) in [7, 11) is 0. The first-order valence-electron chi connectivity index (χ1n) is 7.08. The number of amides is 1. The minimum absolute atomic E-state index is 0.154. The molecule has 0 bridgehead atoms. The monoisotopic (exact) mass is 259 g/mol. The molecule has 0 unspecified atom stereocenters. The Hall–Kier alpha value is -1.42. The van der Waals surface area contributed by atoms with E-state index in [1.807, 2.05) is 4.90 Å². The fourth-order valence-electron chi connectivity index (χ4n) is 3.27. The number of aromatic nitrogens is 1. The summed E-state index contributed by atoms with van der Waals surface area (Å²) in [6.45, 7) is 8.62. The van der Waals surface area contributed by atoms with Crippen molar-refractivity contribution in [1.29, 1.82) is 0 Å². The van der Waals surface area contributed by atoms with Crippen LogP contribution in [0.5, 0.6) is 0 Å². The van der Waals surface area contributed by atoms with Crippen molar-refractivity contribution in [2.24, 2.45) is 11.8 Å². The number of hydrogen-bond acceptors (Lipinski definition) is 3. The van der Waals surface area contributed by atoms with Gasteiger partial charge < -0.3 is 4.90 Å². The lowest BCUT2D eigenvalue weighted by Gasteiger charge is -2.44. The Balaban J connectivity index is 1.62. The van der Waals surface area contributed by atoms with Gasteiger partial charge in [-0.3, -0.25) is 14.7 Å². The van der Waals surface area contributed by atoms with Crippen LogP contribution < -0.4 is 0 Å². The quantitative estimate of drug-likeness (QED) is 0.825. The Morgan fingerprint density at radius 2 is 2.05 bits per heavy atom. The maximum atomic E-state index is 12.4. The highest BCUT2D eigenvalue weighted by atomic mass is 16.2. The summed E-state index contributed by atoms with van der Waals surface area (Å²) in [6, 6.07) is 4.19. The van der Waals surface area contributed by atoms with E-state index >= 15 is 0 Å². The molecule has 0 N–H and O–H groups in total. The van der Waals surface area contributed by atoms with E-state index in [0.29, 0.717) is 17.9 Å². The largest absolute Gasteiger partial charge is 0.337 e. The lowest BCUT2D eigenvalue weighted by Crippen LogP contribution is -2.56. The van der Waals surface area contributed by atoms with E-state index < -0.39 is 0 Å². The average Bonchev–Trinajstić information content (AvgIpc) is 2.74. The van der Waals surface area contributed by atoms with Crippen molar-refractivity contribution < 1.29 is 4.79 Å². The van der Waals surface area contributed by atoms with E-state index in [9.17, 15) is 4.79 Å². The molecule has 0 aromatic carbocycles. The molecular formula is C15H21N3O. The summed E-state index contributed by atoms with van der Waals surface area (Å²) in [4.78, 5) is 20.9. The SMILES string of the molecule is CC(C)CN1C[C@H]2CN(C(=O)c3ccncc3)C[C@H]21. The van der Waals surface area contributed by atoms with Gasteiger partial charge in [0.15, 0.2) is 0 Å². The molecular weight excluding hydrogens is 238 g/mol. The van der Waals surface area contributed by atoms with Gasteiger partial charge in [0, 0.05) is 56.1 Å². The molecule has 0 aliphatic carbocycles. The zero-order valence-corrected chi connectivity index (χ0v) is 11.6. The van der Waals surface area contributed by atoms with Gasteiger partial charge in [0.1, 0.15) is 0 Å². The molecule has 2 atom stereocenters. The van der Waals surface area contributed by atoms with Crippen molar-refractivity contribution in [3.8, 4) is 0 Å². The van der Waals surface area contributed by atoms with Crippen LogP contribution in [-0.2, 0) is 0 Å². The molecule has 2 aliphatic rings. The van der Waals surface area contributed by atoms with E-state index in [4.69, 9.17) is 0 Å². The highest BCUT2D eigenvalue weighted by Gasteiger charge is 2.46. The molecule has 0 radical (unpaired) electrons. The predicted octanol–water partition coefficient (Wildman–Crippen LogP) is 1.49. The zero-order valence-electron chi connectivity index (χ0n) is 11.6. The summed E-state index contributed by atoms with van der Waals surface area (Å²) in [5.41, 5.74) is 0.756. The average molecular weight is 259 g/mol. The number of carbonyl (C=O) groups excluding carboxylic acids is 1. The second kappa shape index (κ2) is 4.93. The van der Waals surface area contributed by atoms with E-state index in [1.54, 1.807) is 24.5 Å². The van der Waals surface area contributed by atoms with Crippen molar-refractivity contribution >= 4 is 5.91 Å². The third kappa shape index (κ3) is 2.37. The molecule has 2 aliphatic heterocycles. The molecule has 4 nitrogen and oxygen atoms in total. The first-order chi connectivity index (χ1) is 9.15. The van der Waals surface area contributed by atoms with Gasteiger partial charge in [-0.25, -0.2) is 0 Å². The van der Waals surface area contributed by atoms with Crippen LogP contribution in [0, 0.1) is 11.8 Å². The third-order valence-electron chi connectivity index (χ3n) is 4.16. The minimum atomic E-state index is 0.154. The summed E-state index contributed by atoms with van der Waals surface area (Å²) < 4.78 is 0. The Morgan fingerprint density at radius 1 is 1.32 bits per heavy atom. The van der Waals surface area contributed by atoms with Crippen LogP contribution in [0.3, 0.4) is 0 Å². The van der Waals surface area contributed by atoms with Gasteiger partial charge in [0.25, 0.3) is 5.91 Å². The van der Waals surface area contributed by atoms with Crippen molar-refractivity contribution in [2.75, 3.05) is 26.2 Å². The van der Waals surface area contributed by atoms with Gasteiger partial charge >= 0.3 is 0 Å². The molecule has 2 fully saturated rings. The number of rotatable bonds is 3. The Bertz CT molecular complexity index is 460. The van der Waals surface area contributed by atoms with E-state index in [-0.39, 0.29) is 5.91 Å². The van der Waals surface area contributed by atoms with E-state index in [2.05, 4.69) is 23.7 Å².